The minimum Gasteiger partial charge on any atom is -0.396 e. The number of hydrogen-bond acceptors (Lipinski definition) is 6. The van der Waals surface area contributed by atoms with Crippen LogP contribution >= 0.6 is 0 Å². The Morgan fingerprint density at radius 1 is 1.20 bits per heavy atom. The first-order valence-electron chi connectivity index (χ1n) is 4.97. The van der Waals surface area contributed by atoms with Gasteiger partial charge in [0, 0.05) is 19.2 Å². The standard InChI is InChI=1S/C9H17N5O/c10-7-6-8(14-9(11)13-7)12-4-2-1-3-5-15/h6,15H,1-5H2,(H5,10,11,12,13,14). The van der Waals surface area contributed by atoms with E-state index in [4.69, 9.17) is 16.6 Å². The van der Waals surface area contributed by atoms with Crippen molar-refractivity contribution in [3.8, 4) is 0 Å². The van der Waals surface area contributed by atoms with Crippen LogP contribution in [0.25, 0.3) is 0 Å². The molecule has 1 heterocycles. The van der Waals surface area contributed by atoms with E-state index < -0.39 is 0 Å². The smallest absolute Gasteiger partial charge is 0.223 e. The van der Waals surface area contributed by atoms with Crippen molar-refractivity contribution in [3.05, 3.63) is 6.07 Å². The molecule has 0 atom stereocenters. The van der Waals surface area contributed by atoms with Crippen molar-refractivity contribution >= 4 is 17.6 Å². The van der Waals surface area contributed by atoms with Gasteiger partial charge in [0.15, 0.2) is 0 Å². The van der Waals surface area contributed by atoms with E-state index in [1.807, 2.05) is 0 Å². The van der Waals surface area contributed by atoms with Crippen molar-refractivity contribution < 1.29 is 5.11 Å². The number of hydrogen-bond donors (Lipinski definition) is 4. The van der Waals surface area contributed by atoms with E-state index in [0.717, 1.165) is 25.8 Å². The third kappa shape index (κ3) is 4.46. The fourth-order valence-corrected chi connectivity index (χ4v) is 1.21. The van der Waals surface area contributed by atoms with E-state index in [-0.39, 0.29) is 12.6 Å². The monoisotopic (exact) mass is 211 g/mol. The number of aliphatic hydroxyl groups excluding tert-OH is 1. The molecule has 6 heteroatoms. The van der Waals surface area contributed by atoms with Crippen molar-refractivity contribution in [2.45, 2.75) is 19.3 Å². The molecule has 84 valence electrons. The van der Waals surface area contributed by atoms with Crippen molar-refractivity contribution in [3.63, 3.8) is 0 Å². The van der Waals surface area contributed by atoms with Gasteiger partial charge in [0.25, 0.3) is 0 Å². The van der Waals surface area contributed by atoms with Crippen LogP contribution in [0.5, 0.6) is 0 Å². The van der Waals surface area contributed by atoms with Crippen LogP contribution in [0.1, 0.15) is 19.3 Å². The Morgan fingerprint density at radius 2 is 2.00 bits per heavy atom. The lowest BCUT2D eigenvalue weighted by atomic mass is 10.2. The molecule has 1 aromatic heterocycles. The van der Waals surface area contributed by atoms with Gasteiger partial charge in [-0.05, 0) is 19.3 Å². The first-order valence-corrected chi connectivity index (χ1v) is 4.97. The van der Waals surface area contributed by atoms with Gasteiger partial charge in [0.1, 0.15) is 11.6 Å². The summed E-state index contributed by atoms with van der Waals surface area (Å²) in [4.78, 5) is 7.74. The number of nitrogen functional groups attached to an aromatic ring is 2. The van der Waals surface area contributed by atoms with E-state index >= 15 is 0 Å². The third-order valence-corrected chi connectivity index (χ3v) is 1.90. The van der Waals surface area contributed by atoms with Crippen LogP contribution in [0.3, 0.4) is 0 Å². The topological polar surface area (TPSA) is 110 Å². The molecule has 0 unspecified atom stereocenters. The molecule has 0 amide bonds. The summed E-state index contributed by atoms with van der Waals surface area (Å²) in [7, 11) is 0. The van der Waals surface area contributed by atoms with Crippen molar-refractivity contribution in [2.24, 2.45) is 0 Å². The van der Waals surface area contributed by atoms with Crippen LogP contribution in [0.15, 0.2) is 6.07 Å². The highest BCUT2D eigenvalue weighted by Gasteiger charge is 1.98. The zero-order valence-electron chi connectivity index (χ0n) is 8.61. The molecule has 6 N–H and O–H groups in total. The Kier molecular flexibility index (Phi) is 4.62. The fraction of sp³-hybridized carbons (Fsp3) is 0.556. The van der Waals surface area contributed by atoms with Gasteiger partial charge in [0.2, 0.25) is 5.95 Å². The lowest BCUT2D eigenvalue weighted by Gasteiger charge is -2.06. The number of nitrogens with two attached hydrogens (primary N) is 2. The van der Waals surface area contributed by atoms with Crippen molar-refractivity contribution in [1.82, 2.24) is 9.97 Å². The van der Waals surface area contributed by atoms with Gasteiger partial charge in [-0.1, -0.05) is 0 Å². The Hall–Kier alpha value is -1.56. The third-order valence-electron chi connectivity index (χ3n) is 1.90. The van der Waals surface area contributed by atoms with Gasteiger partial charge >= 0.3 is 0 Å². The summed E-state index contributed by atoms with van der Waals surface area (Å²) >= 11 is 0. The van der Waals surface area contributed by atoms with Gasteiger partial charge in [-0.2, -0.15) is 9.97 Å². The largest absolute Gasteiger partial charge is 0.396 e. The van der Waals surface area contributed by atoms with Gasteiger partial charge in [-0.15, -0.1) is 0 Å². The highest BCUT2D eigenvalue weighted by Crippen LogP contribution is 2.09. The number of nitrogens with zero attached hydrogens (tertiary/aromatic N) is 2. The molecule has 0 aromatic carbocycles. The second kappa shape index (κ2) is 6.02. The predicted octanol–water partition coefficient (Wildman–Crippen LogP) is 0.215. The number of rotatable bonds is 6. The minimum atomic E-state index is 0.174. The zero-order chi connectivity index (χ0) is 11.1. The molecular weight excluding hydrogens is 194 g/mol. The number of nitrogens with one attached hydrogen (secondary N) is 1. The Morgan fingerprint density at radius 3 is 2.67 bits per heavy atom. The summed E-state index contributed by atoms with van der Waals surface area (Å²) in [6.45, 7) is 1.03. The number of anilines is 3. The van der Waals surface area contributed by atoms with Gasteiger partial charge < -0.3 is 21.9 Å². The maximum absolute atomic E-state index is 8.58. The number of aromatic nitrogens is 2. The molecule has 0 radical (unpaired) electrons. The molecule has 0 aliphatic rings. The summed E-state index contributed by atoms with van der Waals surface area (Å²) in [5, 5.41) is 11.7. The predicted molar refractivity (Wildman–Crippen MR) is 60.3 cm³/mol. The van der Waals surface area contributed by atoms with Crippen LogP contribution in [-0.2, 0) is 0 Å². The highest BCUT2D eigenvalue weighted by atomic mass is 16.2. The molecule has 15 heavy (non-hydrogen) atoms. The molecule has 6 nitrogen and oxygen atoms in total. The molecular formula is C9H17N5O. The summed E-state index contributed by atoms with van der Waals surface area (Å²) in [5.41, 5.74) is 10.9. The molecule has 0 spiro atoms. The Bertz CT molecular complexity index is 284. The SMILES string of the molecule is Nc1cc(NCCCCCO)nc(N)n1. The maximum Gasteiger partial charge on any atom is 0.223 e. The summed E-state index contributed by atoms with van der Waals surface area (Å²) in [6, 6.07) is 1.64. The second-order valence-corrected chi connectivity index (χ2v) is 3.25. The lowest BCUT2D eigenvalue weighted by Crippen LogP contribution is -2.07. The summed E-state index contributed by atoms with van der Waals surface area (Å²) < 4.78 is 0. The molecule has 1 aromatic rings. The first kappa shape index (κ1) is 11.5. The normalized spacial score (nSPS) is 10.2. The van der Waals surface area contributed by atoms with Crippen LogP contribution in [0.4, 0.5) is 17.6 Å². The average Bonchev–Trinajstić information content (AvgIpc) is 2.16. The quantitative estimate of drug-likeness (QED) is 0.501. The molecule has 0 bridgehead atoms. The number of unbranched alkanes of at least 4 members (excludes halogenated alkanes) is 2. The zero-order valence-corrected chi connectivity index (χ0v) is 8.61. The Labute approximate surface area is 88.7 Å². The maximum atomic E-state index is 8.58. The molecule has 0 saturated carbocycles. The van der Waals surface area contributed by atoms with E-state index in [2.05, 4.69) is 15.3 Å². The van der Waals surface area contributed by atoms with Crippen LogP contribution in [0, 0.1) is 0 Å². The van der Waals surface area contributed by atoms with Crippen molar-refractivity contribution in [2.75, 3.05) is 29.9 Å². The lowest BCUT2D eigenvalue weighted by molar-refractivity contribution is 0.283. The minimum absolute atomic E-state index is 0.174. The van der Waals surface area contributed by atoms with Gasteiger partial charge in [-0.25, -0.2) is 0 Å². The first-order chi connectivity index (χ1) is 7.22. The fourth-order valence-electron chi connectivity index (χ4n) is 1.21. The van der Waals surface area contributed by atoms with Crippen LogP contribution in [0.2, 0.25) is 0 Å². The van der Waals surface area contributed by atoms with Crippen LogP contribution in [-0.4, -0.2) is 28.2 Å². The summed E-state index contributed by atoms with van der Waals surface area (Å²) in [6.07, 6.45) is 2.79. The van der Waals surface area contributed by atoms with Gasteiger partial charge in [-0.3, -0.25) is 0 Å². The van der Waals surface area contributed by atoms with E-state index in [0.29, 0.717) is 11.6 Å². The molecule has 1 rings (SSSR count). The van der Waals surface area contributed by atoms with Crippen molar-refractivity contribution in [1.29, 1.82) is 0 Å². The van der Waals surface area contributed by atoms with E-state index in [1.54, 1.807) is 6.07 Å². The average molecular weight is 211 g/mol. The Balaban J connectivity index is 2.31. The second-order valence-electron chi connectivity index (χ2n) is 3.25. The van der Waals surface area contributed by atoms with Gasteiger partial charge in [0.05, 0.1) is 0 Å². The van der Waals surface area contributed by atoms with E-state index in [9.17, 15) is 0 Å². The highest BCUT2D eigenvalue weighted by molar-refractivity contribution is 5.48. The molecule has 0 fully saturated rings. The molecule has 0 aliphatic heterocycles. The molecule has 0 aliphatic carbocycles. The van der Waals surface area contributed by atoms with Crippen LogP contribution < -0.4 is 16.8 Å². The van der Waals surface area contributed by atoms with E-state index in [1.165, 1.54) is 0 Å². The summed E-state index contributed by atoms with van der Waals surface area (Å²) in [5.74, 6) is 1.18. The molecule has 0 saturated heterocycles. The number of aliphatic hydroxyl groups is 1.